The predicted molar refractivity (Wildman–Crippen MR) is 130 cm³/mol. The van der Waals surface area contributed by atoms with Gasteiger partial charge >= 0.3 is 0 Å². The van der Waals surface area contributed by atoms with Gasteiger partial charge in [0.15, 0.2) is 0 Å². The van der Waals surface area contributed by atoms with Crippen molar-refractivity contribution >= 4 is 16.7 Å². The van der Waals surface area contributed by atoms with E-state index < -0.39 is 6.10 Å². The van der Waals surface area contributed by atoms with E-state index in [1.54, 1.807) is 12.1 Å². The van der Waals surface area contributed by atoms with Gasteiger partial charge in [0.2, 0.25) is 5.91 Å². The molecule has 174 valence electrons. The standard InChI is InChI=1S/C27H32N2O4/c28-27(32)10-1-19-11-13-29(14-12-19)17-25(31)18-33-26-9-6-21-2-3-22(15-23(21)16-26)20-4-7-24(30)8-5-20/h2-9,15-16,19,25,30-31H,1,10-14,17-18H2,(H2,28,32). The molecule has 1 heterocycles. The number of nitrogens with zero attached hydrogens (tertiary/aromatic N) is 1. The van der Waals surface area contributed by atoms with E-state index in [-0.39, 0.29) is 18.3 Å². The Hall–Kier alpha value is -3.09. The smallest absolute Gasteiger partial charge is 0.217 e. The van der Waals surface area contributed by atoms with E-state index in [4.69, 9.17) is 10.5 Å². The molecule has 4 rings (SSSR count). The number of carbonyl (C=O) groups is 1. The minimum absolute atomic E-state index is 0.227. The highest BCUT2D eigenvalue weighted by Crippen LogP contribution is 2.28. The minimum atomic E-state index is -0.564. The number of aliphatic hydroxyl groups excluding tert-OH is 1. The van der Waals surface area contributed by atoms with Gasteiger partial charge in [-0.25, -0.2) is 0 Å². The van der Waals surface area contributed by atoms with Crippen LogP contribution in [0.15, 0.2) is 60.7 Å². The average Bonchev–Trinajstić information content (AvgIpc) is 2.82. The van der Waals surface area contributed by atoms with Crippen LogP contribution < -0.4 is 10.5 Å². The molecule has 1 fully saturated rings. The highest BCUT2D eigenvalue weighted by atomic mass is 16.5. The second-order valence-electron chi connectivity index (χ2n) is 8.98. The number of piperidine rings is 1. The molecular formula is C27H32N2O4. The molecule has 33 heavy (non-hydrogen) atoms. The molecule has 6 nitrogen and oxygen atoms in total. The summed E-state index contributed by atoms with van der Waals surface area (Å²) >= 11 is 0. The van der Waals surface area contributed by atoms with Crippen molar-refractivity contribution in [1.82, 2.24) is 4.90 Å². The number of amides is 1. The Morgan fingerprint density at radius 1 is 1.00 bits per heavy atom. The van der Waals surface area contributed by atoms with E-state index in [1.165, 1.54) is 0 Å². The van der Waals surface area contributed by atoms with E-state index >= 15 is 0 Å². The van der Waals surface area contributed by atoms with Crippen molar-refractivity contribution in [1.29, 1.82) is 0 Å². The van der Waals surface area contributed by atoms with Gasteiger partial charge in [0, 0.05) is 13.0 Å². The summed E-state index contributed by atoms with van der Waals surface area (Å²) in [5, 5.41) is 22.2. The number of fused-ring (bicyclic) bond motifs is 1. The molecule has 0 aromatic heterocycles. The fourth-order valence-corrected chi connectivity index (χ4v) is 4.50. The number of nitrogens with two attached hydrogens (primary N) is 1. The van der Waals surface area contributed by atoms with Crippen LogP contribution in [0.2, 0.25) is 0 Å². The van der Waals surface area contributed by atoms with Crippen molar-refractivity contribution in [2.45, 2.75) is 31.8 Å². The third-order valence-corrected chi connectivity index (χ3v) is 6.43. The molecule has 4 N–H and O–H groups in total. The number of β-amino-alcohol motifs (C(OH)–C–C–N with tert-alkyl or cyclic N) is 1. The van der Waals surface area contributed by atoms with Gasteiger partial charge in [0.1, 0.15) is 24.2 Å². The van der Waals surface area contributed by atoms with Crippen LogP contribution in [-0.2, 0) is 4.79 Å². The summed E-state index contributed by atoms with van der Waals surface area (Å²) < 4.78 is 5.90. The van der Waals surface area contributed by atoms with Gasteiger partial charge in [-0.15, -0.1) is 0 Å². The number of ether oxygens (including phenoxy) is 1. The van der Waals surface area contributed by atoms with E-state index in [0.717, 1.165) is 60.0 Å². The highest BCUT2D eigenvalue weighted by Gasteiger charge is 2.21. The quantitative estimate of drug-likeness (QED) is 0.461. The summed E-state index contributed by atoms with van der Waals surface area (Å²) in [6.07, 6.45) is 2.84. The largest absolute Gasteiger partial charge is 0.508 e. The number of aromatic hydroxyl groups is 1. The van der Waals surface area contributed by atoms with Crippen LogP contribution in [0.1, 0.15) is 25.7 Å². The zero-order valence-corrected chi connectivity index (χ0v) is 18.8. The Bertz CT molecular complexity index is 1080. The van der Waals surface area contributed by atoms with Gasteiger partial charge < -0.3 is 25.6 Å². The predicted octanol–water partition coefficient (Wildman–Crippen LogP) is 3.93. The van der Waals surface area contributed by atoms with Gasteiger partial charge in [-0.1, -0.05) is 30.3 Å². The topological polar surface area (TPSA) is 96.0 Å². The summed E-state index contributed by atoms with van der Waals surface area (Å²) in [5.41, 5.74) is 7.35. The normalized spacial score (nSPS) is 16.0. The van der Waals surface area contributed by atoms with Crippen molar-refractivity contribution in [3.8, 4) is 22.6 Å². The number of aliphatic hydroxyl groups is 1. The van der Waals surface area contributed by atoms with E-state index in [2.05, 4.69) is 23.1 Å². The van der Waals surface area contributed by atoms with Gasteiger partial charge in [0.05, 0.1) is 0 Å². The number of hydrogen-bond donors (Lipinski definition) is 3. The van der Waals surface area contributed by atoms with Gasteiger partial charge in [0.25, 0.3) is 0 Å². The molecule has 3 aromatic rings. The van der Waals surface area contributed by atoms with E-state index in [0.29, 0.717) is 18.9 Å². The molecule has 1 amide bonds. The first-order valence-corrected chi connectivity index (χ1v) is 11.6. The Kier molecular flexibility index (Phi) is 7.47. The number of benzene rings is 3. The second-order valence-corrected chi connectivity index (χ2v) is 8.98. The summed E-state index contributed by atoms with van der Waals surface area (Å²) in [6, 6.07) is 19.4. The van der Waals surface area contributed by atoms with Crippen LogP contribution >= 0.6 is 0 Å². The van der Waals surface area contributed by atoms with Crippen LogP contribution in [0.25, 0.3) is 21.9 Å². The lowest BCUT2D eigenvalue weighted by Crippen LogP contribution is -2.40. The van der Waals surface area contributed by atoms with Crippen LogP contribution in [0.5, 0.6) is 11.5 Å². The van der Waals surface area contributed by atoms with Gasteiger partial charge in [-0.05, 0) is 90.5 Å². The maximum Gasteiger partial charge on any atom is 0.217 e. The first-order chi connectivity index (χ1) is 16.0. The van der Waals surface area contributed by atoms with Crippen molar-refractivity contribution in [2.75, 3.05) is 26.2 Å². The Morgan fingerprint density at radius 3 is 2.42 bits per heavy atom. The molecule has 0 spiro atoms. The fourth-order valence-electron chi connectivity index (χ4n) is 4.50. The molecule has 6 heteroatoms. The number of primary amides is 1. The molecule has 0 radical (unpaired) electrons. The molecule has 1 aliphatic heterocycles. The van der Waals surface area contributed by atoms with E-state index in [1.807, 2.05) is 30.3 Å². The molecule has 1 atom stereocenters. The summed E-state index contributed by atoms with van der Waals surface area (Å²) in [5.74, 6) is 1.30. The third kappa shape index (κ3) is 6.46. The SMILES string of the molecule is NC(=O)CCC1CCN(CC(O)COc2ccc3ccc(-c4ccc(O)cc4)cc3c2)CC1. The molecule has 1 saturated heterocycles. The molecule has 3 aromatic carbocycles. The minimum Gasteiger partial charge on any atom is -0.508 e. The molecule has 1 aliphatic rings. The maximum atomic E-state index is 11.0. The van der Waals surface area contributed by atoms with Crippen LogP contribution in [0.4, 0.5) is 0 Å². The maximum absolute atomic E-state index is 11.0. The fraction of sp³-hybridized carbons (Fsp3) is 0.370. The van der Waals surface area contributed by atoms with Crippen molar-refractivity contribution in [3.63, 3.8) is 0 Å². The Labute approximate surface area is 194 Å². The lowest BCUT2D eigenvalue weighted by Gasteiger charge is -2.33. The van der Waals surface area contributed by atoms with Crippen molar-refractivity contribution in [2.24, 2.45) is 11.7 Å². The lowest BCUT2D eigenvalue weighted by molar-refractivity contribution is -0.118. The van der Waals surface area contributed by atoms with Crippen LogP contribution in [0.3, 0.4) is 0 Å². The number of rotatable bonds is 9. The number of carbonyl (C=O) groups excluding carboxylic acids is 1. The van der Waals surface area contributed by atoms with E-state index in [9.17, 15) is 15.0 Å². The van der Waals surface area contributed by atoms with Crippen LogP contribution in [0, 0.1) is 5.92 Å². The molecule has 0 saturated carbocycles. The number of likely N-dealkylation sites (tertiary alicyclic amines) is 1. The average molecular weight is 449 g/mol. The number of phenols is 1. The lowest BCUT2D eigenvalue weighted by atomic mass is 9.92. The molecule has 0 aliphatic carbocycles. The number of phenolic OH excluding ortho intramolecular Hbond substituents is 1. The first kappa shape index (κ1) is 23.1. The van der Waals surface area contributed by atoms with Gasteiger partial charge in [-0.2, -0.15) is 0 Å². The molecular weight excluding hydrogens is 416 g/mol. The Morgan fingerprint density at radius 2 is 1.70 bits per heavy atom. The van der Waals surface area contributed by atoms with Gasteiger partial charge in [-0.3, -0.25) is 4.79 Å². The summed E-state index contributed by atoms with van der Waals surface area (Å²) in [6.45, 7) is 2.68. The monoisotopic (exact) mass is 448 g/mol. The summed E-state index contributed by atoms with van der Waals surface area (Å²) in [7, 11) is 0. The Balaban J connectivity index is 1.29. The highest BCUT2D eigenvalue weighted by molar-refractivity contribution is 5.88. The summed E-state index contributed by atoms with van der Waals surface area (Å²) in [4.78, 5) is 13.2. The molecule has 1 unspecified atom stereocenters. The molecule has 0 bridgehead atoms. The third-order valence-electron chi connectivity index (χ3n) is 6.43. The van der Waals surface area contributed by atoms with Crippen molar-refractivity contribution in [3.05, 3.63) is 60.7 Å². The first-order valence-electron chi connectivity index (χ1n) is 11.6. The zero-order valence-electron chi connectivity index (χ0n) is 18.8. The van der Waals surface area contributed by atoms with Crippen LogP contribution in [-0.4, -0.2) is 53.4 Å². The second kappa shape index (κ2) is 10.7. The zero-order chi connectivity index (χ0) is 23.2. The number of hydrogen-bond acceptors (Lipinski definition) is 5. The van der Waals surface area contributed by atoms with Crippen molar-refractivity contribution < 1.29 is 19.7 Å².